The van der Waals surface area contributed by atoms with Crippen LogP contribution in [0.25, 0.3) is 11.1 Å². The van der Waals surface area contributed by atoms with Gasteiger partial charge >= 0.3 is 5.97 Å². The molecule has 0 aromatic heterocycles. The number of esters is 1. The lowest BCUT2D eigenvalue weighted by atomic mass is 9.92. The smallest absolute Gasteiger partial charge is 0.338 e. The molecule has 4 nitrogen and oxygen atoms in total. The molecular formula is C19H21ClO4. The van der Waals surface area contributed by atoms with E-state index in [0.717, 1.165) is 18.4 Å². The fourth-order valence-electron chi connectivity index (χ4n) is 2.46. The third-order valence-electron chi connectivity index (χ3n) is 4.10. The molecule has 2 aromatic rings. The lowest BCUT2D eigenvalue weighted by Crippen LogP contribution is -2.09. The highest BCUT2D eigenvalue weighted by Crippen LogP contribution is 2.41. The van der Waals surface area contributed by atoms with Gasteiger partial charge in [-0.25, -0.2) is 4.79 Å². The molecule has 0 saturated carbocycles. The predicted molar refractivity (Wildman–Crippen MR) is 94.9 cm³/mol. The van der Waals surface area contributed by atoms with Crippen LogP contribution in [-0.4, -0.2) is 22.8 Å². The number of aromatic hydroxyl groups is 2. The van der Waals surface area contributed by atoms with Crippen molar-refractivity contribution in [3.05, 3.63) is 46.0 Å². The summed E-state index contributed by atoms with van der Waals surface area (Å²) in [4.78, 5) is 12.4. The number of carbonyl (C=O) groups excluding carboxylic acids is 1. The maximum atomic E-state index is 12.4. The van der Waals surface area contributed by atoms with Crippen molar-refractivity contribution in [3.63, 3.8) is 0 Å². The average molecular weight is 349 g/mol. The number of hydrogen-bond donors (Lipinski definition) is 2. The van der Waals surface area contributed by atoms with Gasteiger partial charge in [0.1, 0.15) is 11.5 Å². The van der Waals surface area contributed by atoms with Crippen molar-refractivity contribution in [2.24, 2.45) is 0 Å². The molecule has 0 aliphatic rings. The predicted octanol–water partition coefficient (Wildman–Crippen LogP) is 4.99. The van der Waals surface area contributed by atoms with E-state index in [-0.39, 0.29) is 16.5 Å². The van der Waals surface area contributed by atoms with Gasteiger partial charge in [-0.05, 0) is 55.2 Å². The minimum absolute atomic E-state index is 0.0909. The maximum absolute atomic E-state index is 12.4. The average Bonchev–Trinajstić information content (AvgIpc) is 2.56. The first-order valence-electron chi connectivity index (χ1n) is 7.86. The minimum atomic E-state index is -0.481. The topological polar surface area (TPSA) is 66.8 Å². The Morgan fingerprint density at radius 3 is 2.42 bits per heavy atom. The van der Waals surface area contributed by atoms with Crippen molar-refractivity contribution in [2.45, 2.75) is 33.6 Å². The first-order chi connectivity index (χ1) is 11.4. The highest BCUT2D eigenvalue weighted by molar-refractivity contribution is 6.35. The zero-order chi connectivity index (χ0) is 17.9. The molecule has 128 valence electrons. The monoisotopic (exact) mass is 348 g/mol. The number of phenols is 2. The second-order valence-electron chi connectivity index (χ2n) is 5.69. The number of phenolic OH excluding ortho intramolecular Hbond substituents is 2. The van der Waals surface area contributed by atoms with Crippen LogP contribution in [0.3, 0.4) is 0 Å². The van der Waals surface area contributed by atoms with Gasteiger partial charge in [-0.2, -0.15) is 0 Å². The van der Waals surface area contributed by atoms with E-state index in [1.54, 1.807) is 19.1 Å². The normalized spacial score (nSPS) is 10.7. The third-order valence-corrected chi connectivity index (χ3v) is 4.48. The van der Waals surface area contributed by atoms with Crippen LogP contribution >= 0.6 is 11.6 Å². The number of hydrogen-bond acceptors (Lipinski definition) is 4. The van der Waals surface area contributed by atoms with E-state index in [9.17, 15) is 15.0 Å². The summed E-state index contributed by atoms with van der Waals surface area (Å²) in [5, 5.41) is 19.9. The van der Waals surface area contributed by atoms with Crippen LogP contribution in [0.4, 0.5) is 0 Å². The molecule has 0 radical (unpaired) electrons. The standard InChI is InChI=1S/C19H21ClO4/c1-4-5-10-24-19(23)14-7-9-16(22)18(20)17(14)13-6-8-15(21)12(3)11(13)2/h6-9,21-22H,4-5,10H2,1-3H3. The molecule has 2 N–H and O–H groups in total. The van der Waals surface area contributed by atoms with Crippen LogP contribution in [-0.2, 0) is 4.74 Å². The Balaban J connectivity index is 2.58. The zero-order valence-corrected chi connectivity index (χ0v) is 14.8. The summed E-state index contributed by atoms with van der Waals surface area (Å²) in [5.74, 6) is -0.424. The summed E-state index contributed by atoms with van der Waals surface area (Å²) in [6, 6.07) is 6.11. The summed E-state index contributed by atoms with van der Waals surface area (Å²) < 4.78 is 5.29. The Morgan fingerprint density at radius 1 is 1.08 bits per heavy atom. The minimum Gasteiger partial charge on any atom is -0.508 e. The SMILES string of the molecule is CCCCOC(=O)c1ccc(O)c(Cl)c1-c1ccc(O)c(C)c1C. The van der Waals surface area contributed by atoms with Crippen LogP contribution in [0.1, 0.15) is 41.3 Å². The largest absolute Gasteiger partial charge is 0.508 e. The van der Waals surface area contributed by atoms with Crippen LogP contribution in [0.5, 0.6) is 11.5 Å². The molecule has 2 rings (SSSR count). The number of carbonyl (C=O) groups is 1. The fraction of sp³-hybridized carbons (Fsp3) is 0.316. The molecule has 0 aliphatic carbocycles. The van der Waals surface area contributed by atoms with Gasteiger partial charge in [0, 0.05) is 5.56 Å². The summed E-state index contributed by atoms with van der Waals surface area (Å²) in [6.45, 7) is 5.96. The van der Waals surface area contributed by atoms with Gasteiger partial charge in [-0.15, -0.1) is 0 Å². The van der Waals surface area contributed by atoms with E-state index in [4.69, 9.17) is 16.3 Å². The van der Waals surface area contributed by atoms with Gasteiger partial charge in [0.15, 0.2) is 0 Å². The molecule has 5 heteroatoms. The van der Waals surface area contributed by atoms with E-state index in [1.165, 1.54) is 12.1 Å². The van der Waals surface area contributed by atoms with Gasteiger partial charge < -0.3 is 14.9 Å². The number of rotatable bonds is 5. The Kier molecular flexibility index (Phi) is 5.73. The first kappa shape index (κ1) is 18.1. The summed E-state index contributed by atoms with van der Waals surface area (Å²) in [5.41, 5.74) is 2.86. The molecular weight excluding hydrogens is 328 g/mol. The Labute approximate surface area is 146 Å². The quantitative estimate of drug-likeness (QED) is 0.590. The number of benzene rings is 2. The number of ether oxygens (including phenoxy) is 1. The summed E-state index contributed by atoms with van der Waals surface area (Å²) >= 11 is 6.28. The van der Waals surface area contributed by atoms with Crippen molar-refractivity contribution >= 4 is 17.6 Å². The van der Waals surface area contributed by atoms with E-state index in [0.29, 0.717) is 28.9 Å². The van der Waals surface area contributed by atoms with Gasteiger partial charge in [-0.1, -0.05) is 31.0 Å². The van der Waals surface area contributed by atoms with Crippen LogP contribution in [0.15, 0.2) is 24.3 Å². The molecule has 0 atom stereocenters. The van der Waals surface area contributed by atoms with Crippen molar-refractivity contribution in [3.8, 4) is 22.6 Å². The zero-order valence-electron chi connectivity index (χ0n) is 14.0. The van der Waals surface area contributed by atoms with Crippen LogP contribution < -0.4 is 0 Å². The second kappa shape index (κ2) is 7.58. The van der Waals surface area contributed by atoms with Crippen molar-refractivity contribution < 1.29 is 19.7 Å². The molecule has 0 saturated heterocycles. The van der Waals surface area contributed by atoms with E-state index in [1.807, 2.05) is 13.8 Å². The Hall–Kier alpha value is -2.20. The maximum Gasteiger partial charge on any atom is 0.338 e. The van der Waals surface area contributed by atoms with Crippen molar-refractivity contribution in [1.29, 1.82) is 0 Å². The van der Waals surface area contributed by atoms with Gasteiger partial charge in [0.2, 0.25) is 0 Å². The van der Waals surface area contributed by atoms with Gasteiger partial charge in [0.05, 0.1) is 17.2 Å². The van der Waals surface area contributed by atoms with Crippen LogP contribution in [0.2, 0.25) is 5.02 Å². The Bertz CT molecular complexity index is 768. The van der Waals surface area contributed by atoms with E-state index < -0.39 is 5.97 Å². The molecule has 0 aliphatic heterocycles. The molecule has 0 fully saturated rings. The van der Waals surface area contributed by atoms with Crippen molar-refractivity contribution in [1.82, 2.24) is 0 Å². The molecule has 0 unspecified atom stereocenters. The van der Waals surface area contributed by atoms with Crippen molar-refractivity contribution in [2.75, 3.05) is 6.61 Å². The van der Waals surface area contributed by atoms with E-state index >= 15 is 0 Å². The first-order valence-corrected chi connectivity index (χ1v) is 8.24. The lowest BCUT2D eigenvalue weighted by Gasteiger charge is -2.16. The van der Waals surface area contributed by atoms with Gasteiger partial charge in [-0.3, -0.25) is 0 Å². The highest BCUT2D eigenvalue weighted by Gasteiger charge is 2.22. The lowest BCUT2D eigenvalue weighted by molar-refractivity contribution is 0.0500. The molecule has 2 aromatic carbocycles. The third kappa shape index (κ3) is 3.49. The molecule has 0 bridgehead atoms. The highest BCUT2D eigenvalue weighted by atomic mass is 35.5. The fourth-order valence-corrected chi connectivity index (χ4v) is 2.73. The molecule has 0 heterocycles. The number of unbranched alkanes of at least 4 members (excludes halogenated alkanes) is 1. The number of halogens is 1. The second-order valence-corrected chi connectivity index (χ2v) is 6.07. The molecule has 0 amide bonds. The summed E-state index contributed by atoms with van der Waals surface area (Å²) in [7, 11) is 0. The Morgan fingerprint density at radius 2 is 1.75 bits per heavy atom. The molecule has 0 spiro atoms. The van der Waals surface area contributed by atoms with E-state index in [2.05, 4.69) is 0 Å². The van der Waals surface area contributed by atoms with Crippen LogP contribution in [0, 0.1) is 13.8 Å². The van der Waals surface area contributed by atoms with Gasteiger partial charge in [0.25, 0.3) is 0 Å². The summed E-state index contributed by atoms with van der Waals surface area (Å²) in [6.07, 6.45) is 1.71. The molecule has 24 heavy (non-hydrogen) atoms.